The Labute approximate surface area is 110 Å². The van der Waals surface area contributed by atoms with Crippen LogP contribution >= 0.6 is 11.8 Å². The monoisotopic (exact) mass is 259 g/mol. The molecule has 92 valence electrons. The minimum absolute atomic E-state index is 0.0793. The Bertz CT molecular complexity index is 554. The molecule has 2 aromatic rings. The number of nitrogens with two attached hydrogens (primary N) is 1. The number of hydrogen-bond donors (Lipinski definition) is 2. The van der Waals surface area contributed by atoms with E-state index >= 15 is 0 Å². The zero-order valence-corrected chi connectivity index (χ0v) is 10.7. The van der Waals surface area contributed by atoms with Gasteiger partial charge in [-0.1, -0.05) is 11.8 Å². The second-order valence-corrected chi connectivity index (χ2v) is 4.77. The van der Waals surface area contributed by atoms with Crippen LogP contribution in [0.1, 0.15) is 6.92 Å². The predicted octanol–water partition coefficient (Wildman–Crippen LogP) is 2.77. The SMILES string of the molecule is CC(=O)Nc1ccc(Sc2ncccc2N)cc1. The first kappa shape index (κ1) is 12.4. The zero-order valence-electron chi connectivity index (χ0n) is 9.88. The summed E-state index contributed by atoms with van der Waals surface area (Å²) in [7, 11) is 0. The van der Waals surface area contributed by atoms with E-state index in [4.69, 9.17) is 5.73 Å². The predicted molar refractivity (Wildman–Crippen MR) is 73.5 cm³/mol. The molecular weight excluding hydrogens is 246 g/mol. The van der Waals surface area contributed by atoms with Gasteiger partial charge in [-0.3, -0.25) is 4.79 Å². The van der Waals surface area contributed by atoms with Crippen LogP contribution in [0.5, 0.6) is 0 Å². The van der Waals surface area contributed by atoms with Gasteiger partial charge in [-0.2, -0.15) is 0 Å². The van der Waals surface area contributed by atoms with E-state index in [-0.39, 0.29) is 5.91 Å². The van der Waals surface area contributed by atoms with Gasteiger partial charge in [0.1, 0.15) is 5.03 Å². The highest BCUT2D eigenvalue weighted by atomic mass is 32.2. The highest BCUT2D eigenvalue weighted by Crippen LogP contribution is 2.30. The smallest absolute Gasteiger partial charge is 0.221 e. The number of anilines is 2. The van der Waals surface area contributed by atoms with Crippen LogP contribution in [0, 0.1) is 0 Å². The molecule has 0 spiro atoms. The van der Waals surface area contributed by atoms with E-state index < -0.39 is 0 Å². The summed E-state index contributed by atoms with van der Waals surface area (Å²) in [5, 5.41) is 3.50. The van der Waals surface area contributed by atoms with Crippen LogP contribution in [0.2, 0.25) is 0 Å². The first-order valence-corrected chi connectivity index (χ1v) is 6.23. The van der Waals surface area contributed by atoms with Gasteiger partial charge in [-0.15, -0.1) is 0 Å². The molecule has 18 heavy (non-hydrogen) atoms. The molecule has 5 heteroatoms. The second-order valence-electron chi connectivity index (χ2n) is 3.71. The van der Waals surface area contributed by atoms with E-state index in [2.05, 4.69) is 10.3 Å². The Morgan fingerprint density at radius 1 is 1.28 bits per heavy atom. The lowest BCUT2D eigenvalue weighted by molar-refractivity contribution is -0.114. The van der Waals surface area contributed by atoms with Crippen molar-refractivity contribution in [2.45, 2.75) is 16.8 Å². The zero-order chi connectivity index (χ0) is 13.0. The number of pyridine rings is 1. The molecule has 0 radical (unpaired) electrons. The molecule has 1 amide bonds. The van der Waals surface area contributed by atoms with E-state index in [0.717, 1.165) is 15.6 Å². The summed E-state index contributed by atoms with van der Waals surface area (Å²) < 4.78 is 0. The molecule has 0 unspecified atom stereocenters. The van der Waals surface area contributed by atoms with Gasteiger partial charge in [0.05, 0.1) is 5.69 Å². The number of hydrogen-bond acceptors (Lipinski definition) is 4. The molecule has 0 bridgehead atoms. The van der Waals surface area contributed by atoms with Gasteiger partial charge in [-0.05, 0) is 36.4 Å². The van der Waals surface area contributed by atoms with Crippen LogP contribution in [0.15, 0.2) is 52.5 Å². The fourth-order valence-corrected chi connectivity index (χ4v) is 2.20. The van der Waals surface area contributed by atoms with Crippen molar-refractivity contribution in [3.63, 3.8) is 0 Å². The quantitative estimate of drug-likeness (QED) is 0.889. The summed E-state index contributed by atoms with van der Waals surface area (Å²) in [6.07, 6.45) is 1.71. The Balaban J connectivity index is 2.11. The van der Waals surface area contributed by atoms with Crippen molar-refractivity contribution in [1.82, 2.24) is 4.98 Å². The minimum atomic E-state index is -0.0793. The molecule has 1 aromatic heterocycles. The van der Waals surface area contributed by atoms with Crippen molar-refractivity contribution in [3.8, 4) is 0 Å². The first-order chi connectivity index (χ1) is 8.65. The minimum Gasteiger partial charge on any atom is -0.397 e. The van der Waals surface area contributed by atoms with E-state index in [1.165, 1.54) is 18.7 Å². The van der Waals surface area contributed by atoms with Crippen LogP contribution in [-0.4, -0.2) is 10.9 Å². The molecule has 0 aliphatic carbocycles. The average molecular weight is 259 g/mol. The summed E-state index contributed by atoms with van der Waals surface area (Å²) in [5.74, 6) is -0.0793. The fraction of sp³-hybridized carbons (Fsp3) is 0.0769. The largest absolute Gasteiger partial charge is 0.397 e. The van der Waals surface area contributed by atoms with E-state index in [0.29, 0.717) is 5.69 Å². The van der Waals surface area contributed by atoms with E-state index in [1.54, 1.807) is 12.3 Å². The van der Waals surface area contributed by atoms with Crippen LogP contribution < -0.4 is 11.1 Å². The Morgan fingerprint density at radius 2 is 2.00 bits per heavy atom. The van der Waals surface area contributed by atoms with Crippen molar-refractivity contribution in [1.29, 1.82) is 0 Å². The summed E-state index contributed by atoms with van der Waals surface area (Å²) >= 11 is 1.49. The third kappa shape index (κ3) is 3.24. The lowest BCUT2D eigenvalue weighted by atomic mass is 10.3. The van der Waals surface area contributed by atoms with Crippen LogP contribution in [0.3, 0.4) is 0 Å². The van der Waals surface area contributed by atoms with Gasteiger partial charge in [0.25, 0.3) is 0 Å². The number of nitrogens with zero attached hydrogens (tertiary/aromatic N) is 1. The maximum Gasteiger partial charge on any atom is 0.221 e. The van der Waals surface area contributed by atoms with Crippen molar-refractivity contribution in [3.05, 3.63) is 42.6 Å². The summed E-state index contributed by atoms with van der Waals surface area (Å²) in [4.78, 5) is 16.1. The van der Waals surface area contributed by atoms with Gasteiger partial charge in [0, 0.05) is 23.7 Å². The topological polar surface area (TPSA) is 68.0 Å². The highest BCUT2D eigenvalue weighted by Gasteiger charge is 2.03. The molecule has 2 rings (SSSR count). The third-order valence-electron chi connectivity index (χ3n) is 2.19. The second kappa shape index (κ2) is 5.55. The molecule has 3 N–H and O–H groups in total. The standard InChI is InChI=1S/C13H13N3OS/c1-9(17)16-10-4-6-11(7-5-10)18-13-12(14)3-2-8-15-13/h2-8H,14H2,1H3,(H,16,17). The van der Waals surface area contributed by atoms with Gasteiger partial charge in [0.15, 0.2) is 0 Å². The fourth-order valence-electron chi connectivity index (χ4n) is 1.41. The van der Waals surface area contributed by atoms with Crippen LogP contribution in [-0.2, 0) is 4.79 Å². The van der Waals surface area contributed by atoms with Gasteiger partial charge in [0.2, 0.25) is 5.91 Å². The molecule has 0 saturated heterocycles. The van der Waals surface area contributed by atoms with Gasteiger partial charge in [-0.25, -0.2) is 4.98 Å². The van der Waals surface area contributed by atoms with Crippen molar-refractivity contribution in [2.75, 3.05) is 11.1 Å². The van der Waals surface area contributed by atoms with Crippen LogP contribution in [0.4, 0.5) is 11.4 Å². The number of nitrogens with one attached hydrogen (secondary N) is 1. The molecule has 0 saturated carbocycles. The van der Waals surface area contributed by atoms with Gasteiger partial charge >= 0.3 is 0 Å². The Morgan fingerprint density at radius 3 is 2.61 bits per heavy atom. The summed E-state index contributed by atoms with van der Waals surface area (Å²) in [6.45, 7) is 1.48. The summed E-state index contributed by atoms with van der Waals surface area (Å²) in [6, 6.07) is 11.2. The normalized spacial score (nSPS) is 10.1. The molecule has 0 aliphatic rings. The third-order valence-corrected chi connectivity index (χ3v) is 3.23. The molecule has 0 atom stereocenters. The Hall–Kier alpha value is -2.01. The maximum absolute atomic E-state index is 10.9. The number of nitrogen functional groups attached to an aromatic ring is 1. The highest BCUT2D eigenvalue weighted by molar-refractivity contribution is 7.99. The van der Waals surface area contributed by atoms with Crippen molar-refractivity contribution >= 4 is 29.0 Å². The van der Waals surface area contributed by atoms with E-state index in [9.17, 15) is 4.79 Å². The first-order valence-electron chi connectivity index (χ1n) is 5.41. The molecule has 0 aliphatic heterocycles. The number of amides is 1. The number of rotatable bonds is 3. The molecule has 1 heterocycles. The summed E-state index contributed by atoms with van der Waals surface area (Å²) in [5.41, 5.74) is 7.26. The molecule has 4 nitrogen and oxygen atoms in total. The molecule has 0 fully saturated rings. The average Bonchev–Trinajstić information content (AvgIpc) is 2.34. The van der Waals surface area contributed by atoms with Crippen LogP contribution in [0.25, 0.3) is 0 Å². The number of aromatic nitrogens is 1. The van der Waals surface area contributed by atoms with E-state index in [1.807, 2.05) is 30.3 Å². The van der Waals surface area contributed by atoms with Crippen molar-refractivity contribution < 1.29 is 4.79 Å². The molecular formula is C13H13N3OS. The van der Waals surface area contributed by atoms with Gasteiger partial charge < -0.3 is 11.1 Å². The number of benzene rings is 1. The lowest BCUT2D eigenvalue weighted by Crippen LogP contribution is -2.05. The molecule has 1 aromatic carbocycles. The number of carbonyl (C=O) groups excluding carboxylic acids is 1. The Kier molecular flexibility index (Phi) is 3.84. The van der Waals surface area contributed by atoms with Crippen molar-refractivity contribution in [2.24, 2.45) is 0 Å². The number of carbonyl (C=O) groups is 1. The lowest BCUT2D eigenvalue weighted by Gasteiger charge is -2.05. The maximum atomic E-state index is 10.9.